The number of hydrogen-bond donors (Lipinski definition) is 3. The highest BCUT2D eigenvalue weighted by Crippen LogP contribution is 2.38. The van der Waals surface area contributed by atoms with Crippen molar-refractivity contribution in [1.29, 1.82) is 0 Å². The zero-order chi connectivity index (χ0) is 11.0. The molecule has 90 valence electrons. The zero-order valence-electron chi connectivity index (χ0n) is 7.54. The Labute approximate surface area is 89.9 Å². The highest BCUT2D eigenvalue weighted by Gasteiger charge is 2.56. The van der Waals surface area contributed by atoms with Crippen LogP contribution in [0.2, 0.25) is 0 Å². The van der Waals surface area contributed by atoms with E-state index < -0.39 is 36.6 Å². The SMILES string of the molecule is Cl.O=C(O)[C@@H]1CC(O)(C(F)(F)F)CCN1. The van der Waals surface area contributed by atoms with Gasteiger partial charge in [-0.15, -0.1) is 12.4 Å². The van der Waals surface area contributed by atoms with Gasteiger partial charge in [0.15, 0.2) is 5.60 Å². The molecule has 3 N–H and O–H groups in total. The quantitative estimate of drug-likeness (QED) is 0.634. The van der Waals surface area contributed by atoms with Gasteiger partial charge < -0.3 is 15.5 Å². The summed E-state index contributed by atoms with van der Waals surface area (Å²) >= 11 is 0. The molecule has 0 aromatic rings. The monoisotopic (exact) mass is 249 g/mol. The van der Waals surface area contributed by atoms with Crippen molar-refractivity contribution < 1.29 is 28.2 Å². The van der Waals surface area contributed by atoms with Crippen LogP contribution in [0.15, 0.2) is 0 Å². The summed E-state index contributed by atoms with van der Waals surface area (Å²) in [6.45, 7) is -0.160. The number of rotatable bonds is 1. The molecule has 0 saturated carbocycles. The van der Waals surface area contributed by atoms with Gasteiger partial charge in [-0.3, -0.25) is 4.79 Å². The molecule has 1 aliphatic heterocycles. The van der Waals surface area contributed by atoms with E-state index in [1.54, 1.807) is 0 Å². The van der Waals surface area contributed by atoms with Crippen molar-refractivity contribution >= 4 is 18.4 Å². The number of nitrogens with one attached hydrogen (secondary N) is 1. The maximum Gasteiger partial charge on any atom is 0.417 e. The molecule has 1 rings (SSSR count). The predicted octanol–water partition coefficient (Wildman–Crippen LogP) is 0.538. The first kappa shape index (κ1) is 14.5. The molecule has 4 nitrogen and oxygen atoms in total. The summed E-state index contributed by atoms with van der Waals surface area (Å²) in [5, 5.41) is 20.1. The van der Waals surface area contributed by atoms with E-state index in [4.69, 9.17) is 5.11 Å². The molecule has 0 bridgehead atoms. The minimum absolute atomic E-state index is 0. The summed E-state index contributed by atoms with van der Waals surface area (Å²) in [4.78, 5) is 10.4. The first-order valence-electron chi connectivity index (χ1n) is 4.01. The van der Waals surface area contributed by atoms with Gasteiger partial charge in [0.25, 0.3) is 0 Å². The summed E-state index contributed by atoms with van der Waals surface area (Å²) in [6, 6.07) is -1.34. The second-order valence-electron chi connectivity index (χ2n) is 3.33. The standard InChI is InChI=1S/C7H10F3NO3.ClH/c8-7(9,10)6(14)1-2-11-4(3-6)5(12)13;/h4,11,14H,1-3H2,(H,12,13);1H/t4-,6?;/m0./s1. The number of aliphatic carboxylic acids is 1. The van der Waals surface area contributed by atoms with Crippen molar-refractivity contribution in [1.82, 2.24) is 5.32 Å². The molecular weight excluding hydrogens is 239 g/mol. The molecular formula is C7H11ClF3NO3. The first-order valence-corrected chi connectivity index (χ1v) is 4.01. The van der Waals surface area contributed by atoms with E-state index in [9.17, 15) is 23.1 Å². The van der Waals surface area contributed by atoms with E-state index in [0.29, 0.717) is 0 Å². The maximum atomic E-state index is 12.3. The highest BCUT2D eigenvalue weighted by molar-refractivity contribution is 5.85. The third-order valence-electron chi connectivity index (χ3n) is 2.30. The molecule has 1 heterocycles. The average molecular weight is 250 g/mol. The van der Waals surface area contributed by atoms with Crippen molar-refractivity contribution in [2.75, 3.05) is 6.54 Å². The molecule has 1 saturated heterocycles. The fourth-order valence-electron chi connectivity index (χ4n) is 1.40. The average Bonchev–Trinajstić information content (AvgIpc) is 2.02. The third kappa shape index (κ3) is 2.96. The fraction of sp³-hybridized carbons (Fsp3) is 0.857. The lowest BCUT2D eigenvalue weighted by Gasteiger charge is -2.37. The Hall–Kier alpha value is -0.530. The van der Waals surface area contributed by atoms with Crippen molar-refractivity contribution in [3.8, 4) is 0 Å². The Morgan fingerprint density at radius 1 is 1.47 bits per heavy atom. The van der Waals surface area contributed by atoms with Crippen molar-refractivity contribution in [3.63, 3.8) is 0 Å². The number of halogens is 4. The second kappa shape index (κ2) is 4.54. The number of carboxylic acid groups (broad SMARTS) is 1. The summed E-state index contributed by atoms with van der Waals surface area (Å²) in [5.74, 6) is -1.38. The second-order valence-corrected chi connectivity index (χ2v) is 3.33. The Kier molecular flexibility index (Phi) is 4.38. The molecule has 0 radical (unpaired) electrons. The van der Waals surface area contributed by atoms with Gasteiger partial charge in [-0.2, -0.15) is 13.2 Å². The summed E-state index contributed by atoms with van der Waals surface area (Å²) in [7, 11) is 0. The van der Waals surface area contributed by atoms with Crippen LogP contribution in [-0.2, 0) is 4.79 Å². The molecule has 1 aliphatic rings. The molecule has 15 heavy (non-hydrogen) atoms. The summed E-state index contributed by atoms with van der Waals surface area (Å²) in [5.41, 5.74) is -2.87. The predicted molar refractivity (Wildman–Crippen MR) is 46.9 cm³/mol. The Morgan fingerprint density at radius 3 is 2.40 bits per heavy atom. The number of carboxylic acids is 1. The van der Waals surface area contributed by atoms with E-state index in [-0.39, 0.29) is 19.0 Å². The van der Waals surface area contributed by atoms with Crippen molar-refractivity contribution in [2.45, 2.75) is 30.7 Å². The Morgan fingerprint density at radius 2 is 2.00 bits per heavy atom. The van der Waals surface area contributed by atoms with Crippen LogP contribution in [0.25, 0.3) is 0 Å². The first-order chi connectivity index (χ1) is 6.26. The Bertz CT molecular complexity index is 248. The molecule has 0 spiro atoms. The number of hydrogen-bond acceptors (Lipinski definition) is 3. The molecule has 0 aromatic carbocycles. The summed E-state index contributed by atoms with van der Waals surface area (Å²) < 4.78 is 36.9. The van der Waals surface area contributed by atoms with Gasteiger partial charge in [-0.1, -0.05) is 0 Å². The van der Waals surface area contributed by atoms with Crippen LogP contribution in [-0.4, -0.2) is 40.5 Å². The molecule has 8 heteroatoms. The zero-order valence-corrected chi connectivity index (χ0v) is 8.36. The van der Waals surface area contributed by atoms with E-state index in [0.717, 1.165) is 0 Å². The molecule has 2 atom stereocenters. The smallest absolute Gasteiger partial charge is 0.417 e. The minimum Gasteiger partial charge on any atom is -0.480 e. The molecule has 0 aliphatic carbocycles. The summed E-state index contributed by atoms with van der Waals surface area (Å²) in [6.07, 6.45) is -6.13. The lowest BCUT2D eigenvalue weighted by Crippen LogP contribution is -2.57. The van der Waals surface area contributed by atoms with Crippen LogP contribution in [0.4, 0.5) is 13.2 Å². The third-order valence-corrected chi connectivity index (χ3v) is 2.30. The van der Waals surface area contributed by atoms with Crippen LogP contribution >= 0.6 is 12.4 Å². The van der Waals surface area contributed by atoms with Gasteiger partial charge in [0.2, 0.25) is 0 Å². The van der Waals surface area contributed by atoms with Gasteiger partial charge in [0.05, 0.1) is 0 Å². The molecule has 1 fully saturated rings. The normalized spacial score (nSPS) is 31.9. The van der Waals surface area contributed by atoms with Crippen LogP contribution in [0, 0.1) is 0 Å². The lowest BCUT2D eigenvalue weighted by molar-refractivity contribution is -0.270. The van der Waals surface area contributed by atoms with Crippen LogP contribution in [0.1, 0.15) is 12.8 Å². The number of alkyl halides is 3. The number of aliphatic hydroxyl groups is 1. The van der Waals surface area contributed by atoms with Crippen LogP contribution in [0.3, 0.4) is 0 Å². The van der Waals surface area contributed by atoms with Gasteiger partial charge in [-0.05, 0) is 13.0 Å². The van der Waals surface area contributed by atoms with E-state index >= 15 is 0 Å². The molecule has 0 amide bonds. The van der Waals surface area contributed by atoms with Crippen molar-refractivity contribution in [2.24, 2.45) is 0 Å². The van der Waals surface area contributed by atoms with E-state index in [2.05, 4.69) is 5.32 Å². The Balaban J connectivity index is 0.00000196. The largest absolute Gasteiger partial charge is 0.480 e. The maximum absolute atomic E-state index is 12.3. The fourth-order valence-corrected chi connectivity index (χ4v) is 1.40. The van der Waals surface area contributed by atoms with Crippen molar-refractivity contribution in [3.05, 3.63) is 0 Å². The topological polar surface area (TPSA) is 69.6 Å². The van der Waals surface area contributed by atoms with Crippen LogP contribution < -0.4 is 5.32 Å². The van der Waals surface area contributed by atoms with Gasteiger partial charge >= 0.3 is 12.1 Å². The molecule has 0 aromatic heterocycles. The van der Waals surface area contributed by atoms with Crippen LogP contribution in [0.5, 0.6) is 0 Å². The minimum atomic E-state index is -4.77. The lowest BCUT2D eigenvalue weighted by atomic mass is 9.87. The number of piperidine rings is 1. The van der Waals surface area contributed by atoms with E-state index in [1.165, 1.54) is 0 Å². The van der Waals surface area contributed by atoms with Gasteiger partial charge in [0, 0.05) is 6.42 Å². The van der Waals surface area contributed by atoms with E-state index in [1.807, 2.05) is 0 Å². The number of carbonyl (C=O) groups is 1. The van der Waals surface area contributed by atoms with Gasteiger partial charge in [0.1, 0.15) is 6.04 Å². The molecule has 1 unspecified atom stereocenters. The highest BCUT2D eigenvalue weighted by atomic mass is 35.5. The van der Waals surface area contributed by atoms with Gasteiger partial charge in [-0.25, -0.2) is 0 Å².